The number of hydrogen-bond donors (Lipinski definition) is 3. The lowest BCUT2D eigenvalue weighted by atomic mass is 9.99. The number of piperidine rings is 1. The number of anilines is 2. The maximum atomic E-state index is 13.8. The molecule has 2 aliphatic rings. The Balaban J connectivity index is 0.000000443. The molecule has 1 saturated heterocycles. The number of carboxylic acid groups (broad SMARTS) is 1. The van der Waals surface area contributed by atoms with Gasteiger partial charge in [-0.25, -0.2) is 28.5 Å². The number of ether oxygens (including phenoxy) is 1. The number of alkyl halides is 2. The lowest BCUT2D eigenvalue weighted by molar-refractivity contribution is -0.142. The molecular weight excluding hydrogens is 743 g/mol. The van der Waals surface area contributed by atoms with Crippen LogP contribution in [0.25, 0.3) is 33.4 Å². The van der Waals surface area contributed by atoms with E-state index in [0.717, 1.165) is 59.9 Å². The second-order valence-electron chi connectivity index (χ2n) is 12.5. The van der Waals surface area contributed by atoms with Crippen LogP contribution in [0.3, 0.4) is 0 Å². The quantitative estimate of drug-likeness (QED) is 0.153. The van der Waals surface area contributed by atoms with E-state index in [9.17, 15) is 23.2 Å². The number of nitrogens with one attached hydrogen (secondary N) is 2. The Bertz CT molecular complexity index is 2310. The van der Waals surface area contributed by atoms with E-state index < -0.39 is 29.5 Å². The van der Waals surface area contributed by atoms with E-state index in [4.69, 9.17) is 38.0 Å². The minimum Gasteiger partial charge on any atom is -0.481 e. The van der Waals surface area contributed by atoms with Gasteiger partial charge >= 0.3 is 11.7 Å². The molecule has 1 aliphatic heterocycles. The molecule has 0 bridgehead atoms. The van der Waals surface area contributed by atoms with Crippen molar-refractivity contribution >= 4 is 51.7 Å². The van der Waals surface area contributed by atoms with E-state index in [2.05, 4.69) is 20.6 Å². The highest BCUT2D eigenvalue weighted by Crippen LogP contribution is 2.43. The average Bonchev–Trinajstić information content (AvgIpc) is 3.67. The summed E-state index contributed by atoms with van der Waals surface area (Å²) in [5.41, 5.74) is 3.37. The summed E-state index contributed by atoms with van der Waals surface area (Å²) in [6.45, 7) is 5.72. The van der Waals surface area contributed by atoms with Crippen molar-refractivity contribution in [1.29, 1.82) is 0 Å². The third-order valence-corrected chi connectivity index (χ3v) is 10.1. The van der Waals surface area contributed by atoms with E-state index in [1.165, 1.54) is 19.7 Å². The number of halogens is 4. The third kappa shape index (κ3) is 8.10. The number of fused-ring (bicyclic) bond motifs is 2. The molecule has 12 nitrogen and oxygen atoms in total. The predicted octanol–water partition coefficient (Wildman–Crippen LogP) is 7.34. The van der Waals surface area contributed by atoms with Crippen molar-refractivity contribution in [2.75, 3.05) is 25.5 Å². The monoisotopic (exact) mass is 783 g/mol. The summed E-state index contributed by atoms with van der Waals surface area (Å²) in [4.78, 5) is 48.3. The molecule has 4 heterocycles. The van der Waals surface area contributed by atoms with E-state index in [0.29, 0.717) is 33.3 Å². The molecule has 2 aromatic carbocycles. The Morgan fingerprint density at radius 1 is 0.963 bits per heavy atom. The summed E-state index contributed by atoms with van der Waals surface area (Å²) < 4.78 is 34.9. The number of carboxylic acids is 1. The van der Waals surface area contributed by atoms with Crippen molar-refractivity contribution in [2.45, 2.75) is 52.4 Å². The van der Waals surface area contributed by atoms with Crippen molar-refractivity contribution in [3.63, 3.8) is 0 Å². The van der Waals surface area contributed by atoms with Gasteiger partial charge < -0.3 is 20.5 Å². The first-order chi connectivity index (χ1) is 25.9. The number of methoxy groups -OCH3 is 1. The van der Waals surface area contributed by atoms with Crippen molar-refractivity contribution < 1.29 is 23.4 Å². The molecular formula is C38H41Cl2F2N7O5. The number of carbonyl (C=O) groups is 1. The van der Waals surface area contributed by atoms with Crippen LogP contribution in [0.5, 0.6) is 5.88 Å². The summed E-state index contributed by atoms with van der Waals surface area (Å²) in [6.07, 6.45) is 1.39. The lowest BCUT2D eigenvalue weighted by Gasteiger charge is -2.17. The standard InChI is InChI=1S/C30H24Cl2F2N6O3.C6H11NO2.C2H6/c1-39-27-21(29(41)40(2)30(39)42)25(37-26(38-27)24(33)34)35-19-12-6-10-17(23(19)32)16-9-5-11-18(22(16)31)20-13-14-7-4-8-15(14)28(36-20)43-3;8-6(9)5-1-3-7-4-2-5;1-2/h5-6,9-13,24H,4,7-8H2,1-3H3,(H,35,37,38);5,7H,1-4H2,(H,8,9);1-2H3. The molecule has 1 fully saturated rings. The normalized spacial score (nSPS) is 13.8. The maximum Gasteiger partial charge on any atom is 0.332 e. The van der Waals surface area contributed by atoms with Gasteiger partial charge in [0.2, 0.25) is 5.88 Å². The number of aryl methyl sites for hydroxylation is 2. The van der Waals surface area contributed by atoms with Gasteiger partial charge in [-0.05, 0) is 62.9 Å². The van der Waals surface area contributed by atoms with Crippen LogP contribution < -0.4 is 26.6 Å². The molecule has 16 heteroatoms. The van der Waals surface area contributed by atoms with Gasteiger partial charge in [-0.3, -0.25) is 18.7 Å². The van der Waals surface area contributed by atoms with Crippen LogP contribution in [-0.4, -0.2) is 55.4 Å². The van der Waals surface area contributed by atoms with Gasteiger partial charge in [-0.2, -0.15) is 0 Å². The molecule has 0 amide bonds. The number of benzene rings is 2. The molecule has 0 unspecified atom stereocenters. The van der Waals surface area contributed by atoms with Gasteiger partial charge in [0.05, 0.1) is 34.5 Å². The van der Waals surface area contributed by atoms with Crippen molar-refractivity contribution in [3.8, 4) is 28.3 Å². The van der Waals surface area contributed by atoms with Crippen LogP contribution in [-0.2, 0) is 31.7 Å². The predicted molar refractivity (Wildman–Crippen MR) is 207 cm³/mol. The highest BCUT2D eigenvalue weighted by Gasteiger charge is 2.24. The third-order valence-electron chi connectivity index (χ3n) is 9.26. The van der Waals surface area contributed by atoms with E-state index in [1.54, 1.807) is 25.3 Å². The van der Waals surface area contributed by atoms with Gasteiger partial charge in [-0.1, -0.05) is 67.4 Å². The van der Waals surface area contributed by atoms with Crippen LogP contribution in [0.2, 0.25) is 10.0 Å². The number of pyridine rings is 1. The molecule has 0 radical (unpaired) electrons. The molecule has 7 rings (SSSR count). The zero-order valence-corrected chi connectivity index (χ0v) is 32.0. The molecule has 5 aromatic rings. The topological polar surface area (TPSA) is 153 Å². The van der Waals surface area contributed by atoms with Crippen molar-refractivity contribution in [3.05, 3.63) is 90.3 Å². The molecule has 3 N–H and O–H groups in total. The van der Waals surface area contributed by atoms with Gasteiger partial charge in [-0.15, -0.1) is 0 Å². The summed E-state index contributed by atoms with van der Waals surface area (Å²) in [7, 11) is 4.22. The smallest absolute Gasteiger partial charge is 0.332 e. The van der Waals surface area contributed by atoms with E-state index in [1.807, 2.05) is 38.1 Å². The second-order valence-corrected chi connectivity index (χ2v) is 13.2. The van der Waals surface area contributed by atoms with Crippen LogP contribution in [0.15, 0.2) is 52.1 Å². The van der Waals surface area contributed by atoms with E-state index in [-0.39, 0.29) is 33.5 Å². The zero-order valence-electron chi connectivity index (χ0n) is 30.5. The van der Waals surface area contributed by atoms with Crippen molar-refractivity contribution in [1.82, 2.24) is 29.4 Å². The zero-order chi connectivity index (χ0) is 39.3. The molecule has 3 aromatic heterocycles. The second kappa shape index (κ2) is 17.5. The van der Waals surface area contributed by atoms with Gasteiger partial charge in [0.15, 0.2) is 11.5 Å². The molecule has 1 aliphatic carbocycles. The highest BCUT2D eigenvalue weighted by molar-refractivity contribution is 6.39. The van der Waals surface area contributed by atoms with Gasteiger partial charge in [0.1, 0.15) is 11.2 Å². The molecule has 0 saturated carbocycles. The number of hydrogen-bond acceptors (Lipinski definition) is 9. The number of aliphatic carboxylic acids is 1. The molecule has 0 spiro atoms. The number of nitrogens with zero attached hydrogens (tertiary/aromatic N) is 5. The molecule has 54 heavy (non-hydrogen) atoms. The van der Waals surface area contributed by atoms with Crippen LogP contribution in [0.1, 0.15) is 56.5 Å². The summed E-state index contributed by atoms with van der Waals surface area (Å²) in [5, 5.41) is 15.0. The summed E-state index contributed by atoms with van der Waals surface area (Å²) >= 11 is 13.9. The number of aromatic nitrogens is 5. The highest BCUT2D eigenvalue weighted by atomic mass is 35.5. The fourth-order valence-corrected chi connectivity index (χ4v) is 7.09. The minimum absolute atomic E-state index is 0.0914. The van der Waals surface area contributed by atoms with Gasteiger partial charge in [0.25, 0.3) is 12.0 Å². The molecule has 0 atom stereocenters. The first kappa shape index (κ1) is 40.3. The average molecular weight is 785 g/mol. The number of rotatable bonds is 7. The largest absolute Gasteiger partial charge is 0.481 e. The van der Waals surface area contributed by atoms with Crippen LogP contribution >= 0.6 is 23.2 Å². The fraction of sp³-hybridized carbons (Fsp3) is 0.368. The first-order valence-corrected chi connectivity index (χ1v) is 18.3. The Labute approximate surface area is 320 Å². The van der Waals surface area contributed by atoms with Crippen LogP contribution in [0, 0.1) is 5.92 Å². The SMILES string of the molecule is CC.COc1nc(-c2cccc(-c3cccc(Nc4nc(C(F)F)nc5c4c(=O)n(C)c(=O)n5C)c3Cl)c2Cl)cc2c1CCC2.O=C(O)C1CCNCC1. The summed E-state index contributed by atoms with van der Waals surface area (Å²) in [5.74, 6) is -1.22. The van der Waals surface area contributed by atoms with Crippen LogP contribution in [0.4, 0.5) is 20.3 Å². The Morgan fingerprint density at radius 3 is 2.24 bits per heavy atom. The van der Waals surface area contributed by atoms with Crippen molar-refractivity contribution in [2.24, 2.45) is 20.0 Å². The fourth-order valence-electron chi connectivity index (χ4n) is 6.49. The minimum atomic E-state index is -3.06. The van der Waals surface area contributed by atoms with Gasteiger partial charge in [0, 0.05) is 36.3 Å². The Morgan fingerprint density at radius 2 is 1.61 bits per heavy atom. The summed E-state index contributed by atoms with van der Waals surface area (Å²) in [6, 6.07) is 12.6. The maximum absolute atomic E-state index is 13.8. The lowest BCUT2D eigenvalue weighted by Crippen LogP contribution is -2.38. The Kier molecular flexibility index (Phi) is 13.0. The molecule has 286 valence electrons. The van der Waals surface area contributed by atoms with E-state index >= 15 is 0 Å². The Hall–Kier alpha value is -4.92. The first-order valence-electron chi connectivity index (χ1n) is 17.5.